The van der Waals surface area contributed by atoms with Gasteiger partial charge in [-0.3, -0.25) is 9.88 Å². The van der Waals surface area contributed by atoms with E-state index in [1.807, 2.05) is 36.8 Å². The van der Waals surface area contributed by atoms with Crippen molar-refractivity contribution in [3.05, 3.63) is 54.6 Å². The van der Waals surface area contributed by atoms with Gasteiger partial charge in [-0.25, -0.2) is 4.68 Å². The number of hydrogen-bond donors (Lipinski definition) is 0. The Balaban J connectivity index is 2.03. The fourth-order valence-corrected chi connectivity index (χ4v) is 1.83. The molecule has 4 heteroatoms. The molecule has 0 fully saturated rings. The topological polar surface area (TPSA) is 34.0 Å². The van der Waals surface area contributed by atoms with Crippen molar-refractivity contribution in [2.45, 2.75) is 19.5 Å². The second-order valence-electron chi connectivity index (χ2n) is 4.36. The van der Waals surface area contributed by atoms with E-state index in [1.54, 1.807) is 10.9 Å². The molecule has 0 aliphatic carbocycles. The van der Waals surface area contributed by atoms with Crippen molar-refractivity contribution >= 4 is 6.20 Å². The van der Waals surface area contributed by atoms with Gasteiger partial charge in [0.1, 0.15) is 0 Å². The first-order valence-corrected chi connectivity index (χ1v) is 5.97. The average molecular weight is 242 g/mol. The van der Waals surface area contributed by atoms with Crippen molar-refractivity contribution in [1.82, 2.24) is 19.7 Å². The average Bonchev–Trinajstić information content (AvgIpc) is 2.86. The Labute approximate surface area is 108 Å². The molecule has 2 rings (SSSR count). The van der Waals surface area contributed by atoms with Gasteiger partial charge in [-0.15, -0.1) is 0 Å². The zero-order valence-electron chi connectivity index (χ0n) is 10.8. The van der Waals surface area contributed by atoms with Gasteiger partial charge in [-0.1, -0.05) is 12.6 Å². The standard InChI is InChI=1S/C14H18N4/c1-4-18-11-13(9-16-18)10-17(3)12(2)14-7-5-6-8-15-14/h4-9,11-12H,1,10H2,2-3H3/t12-/m0/s1. The molecule has 0 unspecified atom stereocenters. The summed E-state index contributed by atoms with van der Waals surface area (Å²) in [5.74, 6) is 0. The van der Waals surface area contributed by atoms with E-state index >= 15 is 0 Å². The highest BCUT2D eigenvalue weighted by molar-refractivity contribution is 5.18. The van der Waals surface area contributed by atoms with E-state index in [1.165, 1.54) is 5.56 Å². The highest BCUT2D eigenvalue weighted by Crippen LogP contribution is 2.18. The number of nitrogens with zero attached hydrogens (tertiary/aromatic N) is 4. The molecule has 0 saturated heterocycles. The lowest BCUT2D eigenvalue weighted by atomic mass is 10.2. The third kappa shape index (κ3) is 2.84. The van der Waals surface area contributed by atoms with E-state index in [0.29, 0.717) is 0 Å². The molecule has 0 amide bonds. The maximum absolute atomic E-state index is 4.38. The third-order valence-electron chi connectivity index (χ3n) is 3.05. The smallest absolute Gasteiger partial charge is 0.0572 e. The van der Waals surface area contributed by atoms with Gasteiger partial charge >= 0.3 is 0 Å². The van der Waals surface area contributed by atoms with Crippen molar-refractivity contribution in [2.24, 2.45) is 0 Å². The van der Waals surface area contributed by atoms with Crippen molar-refractivity contribution in [3.8, 4) is 0 Å². The lowest BCUT2D eigenvalue weighted by Gasteiger charge is -2.23. The van der Waals surface area contributed by atoms with Crippen LogP contribution in [-0.4, -0.2) is 26.7 Å². The molecule has 18 heavy (non-hydrogen) atoms. The lowest BCUT2D eigenvalue weighted by molar-refractivity contribution is 0.248. The minimum atomic E-state index is 0.276. The van der Waals surface area contributed by atoms with Crippen LogP contribution in [0.4, 0.5) is 0 Å². The van der Waals surface area contributed by atoms with Crippen LogP contribution in [0.2, 0.25) is 0 Å². The Morgan fingerprint density at radius 1 is 1.50 bits per heavy atom. The molecule has 0 spiro atoms. The summed E-state index contributed by atoms with van der Waals surface area (Å²) < 4.78 is 1.72. The quantitative estimate of drug-likeness (QED) is 0.808. The van der Waals surface area contributed by atoms with E-state index in [9.17, 15) is 0 Å². The van der Waals surface area contributed by atoms with Crippen LogP contribution in [0, 0.1) is 0 Å². The molecule has 1 atom stereocenters. The first-order chi connectivity index (χ1) is 8.70. The predicted molar refractivity (Wildman–Crippen MR) is 72.7 cm³/mol. The summed E-state index contributed by atoms with van der Waals surface area (Å²) in [6.07, 6.45) is 7.36. The van der Waals surface area contributed by atoms with E-state index in [4.69, 9.17) is 0 Å². The summed E-state index contributed by atoms with van der Waals surface area (Å²) in [4.78, 5) is 6.63. The highest BCUT2D eigenvalue weighted by atomic mass is 15.3. The number of pyridine rings is 1. The molecular weight excluding hydrogens is 224 g/mol. The lowest BCUT2D eigenvalue weighted by Crippen LogP contribution is -2.22. The van der Waals surface area contributed by atoms with Crippen LogP contribution in [-0.2, 0) is 6.54 Å². The molecule has 0 radical (unpaired) electrons. The largest absolute Gasteiger partial charge is 0.294 e. The Bertz CT molecular complexity index is 504. The summed E-state index contributed by atoms with van der Waals surface area (Å²) in [6.45, 7) is 6.67. The normalized spacial score (nSPS) is 12.6. The molecule has 2 aromatic rings. The first kappa shape index (κ1) is 12.5. The van der Waals surface area contributed by atoms with Crippen LogP contribution >= 0.6 is 0 Å². The van der Waals surface area contributed by atoms with E-state index in [-0.39, 0.29) is 6.04 Å². The zero-order chi connectivity index (χ0) is 13.0. The van der Waals surface area contributed by atoms with Crippen molar-refractivity contribution in [2.75, 3.05) is 7.05 Å². The second-order valence-corrected chi connectivity index (χ2v) is 4.36. The van der Waals surface area contributed by atoms with Crippen LogP contribution in [0.5, 0.6) is 0 Å². The van der Waals surface area contributed by atoms with Crippen molar-refractivity contribution in [3.63, 3.8) is 0 Å². The molecule has 0 saturated carbocycles. The second kappa shape index (κ2) is 5.60. The fourth-order valence-electron chi connectivity index (χ4n) is 1.83. The molecule has 0 aliphatic rings. The molecule has 4 nitrogen and oxygen atoms in total. The van der Waals surface area contributed by atoms with Gasteiger partial charge in [0.15, 0.2) is 0 Å². The SMILES string of the molecule is C=Cn1cc(CN(C)[C@@H](C)c2ccccn2)cn1. The Morgan fingerprint density at radius 2 is 2.33 bits per heavy atom. The molecule has 94 valence electrons. The predicted octanol–water partition coefficient (Wildman–Crippen LogP) is 2.57. The Kier molecular flexibility index (Phi) is 3.89. The monoisotopic (exact) mass is 242 g/mol. The zero-order valence-corrected chi connectivity index (χ0v) is 10.8. The van der Waals surface area contributed by atoms with Crippen molar-refractivity contribution in [1.29, 1.82) is 0 Å². The van der Waals surface area contributed by atoms with Crippen LogP contribution < -0.4 is 0 Å². The molecule has 0 N–H and O–H groups in total. The van der Waals surface area contributed by atoms with Gasteiger partial charge in [0.2, 0.25) is 0 Å². The molecule has 0 aliphatic heterocycles. The van der Waals surface area contributed by atoms with E-state index in [2.05, 4.69) is 35.5 Å². The van der Waals surface area contributed by atoms with Gasteiger partial charge in [0.05, 0.1) is 11.9 Å². The Hall–Kier alpha value is -1.94. The van der Waals surface area contributed by atoms with E-state index < -0.39 is 0 Å². The number of rotatable bonds is 5. The fraction of sp³-hybridized carbons (Fsp3) is 0.286. The maximum Gasteiger partial charge on any atom is 0.0572 e. The first-order valence-electron chi connectivity index (χ1n) is 5.97. The molecule has 0 bridgehead atoms. The molecule has 2 aromatic heterocycles. The molecule has 0 aromatic carbocycles. The summed E-state index contributed by atoms with van der Waals surface area (Å²) in [5.41, 5.74) is 2.25. The van der Waals surface area contributed by atoms with Crippen LogP contribution in [0.3, 0.4) is 0 Å². The summed E-state index contributed by atoms with van der Waals surface area (Å²) in [7, 11) is 2.09. The maximum atomic E-state index is 4.38. The van der Waals surface area contributed by atoms with Gasteiger partial charge in [0, 0.05) is 36.7 Å². The molecular formula is C14H18N4. The van der Waals surface area contributed by atoms with Crippen LogP contribution in [0.25, 0.3) is 6.20 Å². The highest BCUT2D eigenvalue weighted by Gasteiger charge is 2.13. The summed E-state index contributed by atoms with van der Waals surface area (Å²) in [5, 5.41) is 4.18. The van der Waals surface area contributed by atoms with Gasteiger partial charge in [-0.2, -0.15) is 5.10 Å². The molecule has 2 heterocycles. The van der Waals surface area contributed by atoms with Gasteiger partial charge in [-0.05, 0) is 26.1 Å². The number of hydrogen-bond acceptors (Lipinski definition) is 3. The Morgan fingerprint density at radius 3 is 2.94 bits per heavy atom. The van der Waals surface area contributed by atoms with Crippen LogP contribution in [0.15, 0.2) is 43.4 Å². The minimum absolute atomic E-state index is 0.276. The van der Waals surface area contributed by atoms with Crippen molar-refractivity contribution < 1.29 is 0 Å². The van der Waals surface area contributed by atoms with Crippen LogP contribution in [0.1, 0.15) is 24.2 Å². The number of aromatic nitrogens is 3. The van der Waals surface area contributed by atoms with Gasteiger partial charge < -0.3 is 0 Å². The third-order valence-corrected chi connectivity index (χ3v) is 3.05. The minimum Gasteiger partial charge on any atom is -0.294 e. The summed E-state index contributed by atoms with van der Waals surface area (Å²) >= 11 is 0. The van der Waals surface area contributed by atoms with Gasteiger partial charge in [0.25, 0.3) is 0 Å². The van der Waals surface area contributed by atoms with E-state index in [0.717, 1.165) is 12.2 Å². The summed E-state index contributed by atoms with van der Waals surface area (Å²) in [6, 6.07) is 6.28.